The van der Waals surface area contributed by atoms with E-state index in [4.69, 9.17) is 9.52 Å². The van der Waals surface area contributed by atoms with Crippen LogP contribution in [0.25, 0.3) is 22.3 Å². The van der Waals surface area contributed by atoms with Gasteiger partial charge in [0.25, 0.3) is 0 Å². The van der Waals surface area contributed by atoms with Gasteiger partial charge in [-0.25, -0.2) is 9.59 Å². The molecule has 3 N–H and O–H groups in total. The first-order valence-electron chi connectivity index (χ1n) is 6.30. The number of benzene rings is 2. The number of phenols is 1. The minimum absolute atomic E-state index is 0.0296. The molecule has 110 valence electrons. The van der Waals surface area contributed by atoms with Gasteiger partial charge in [-0.2, -0.15) is 0 Å². The maximum absolute atomic E-state index is 11.5. The summed E-state index contributed by atoms with van der Waals surface area (Å²) in [5.41, 5.74) is 0.750. The summed E-state index contributed by atoms with van der Waals surface area (Å²) in [4.78, 5) is 22.4. The van der Waals surface area contributed by atoms with E-state index in [1.807, 2.05) is 0 Å². The van der Waals surface area contributed by atoms with Gasteiger partial charge < -0.3 is 19.7 Å². The van der Waals surface area contributed by atoms with Gasteiger partial charge in [-0.05, 0) is 24.3 Å². The van der Waals surface area contributed by atoms with E-state index in [9.17, 15) is 19.8 Å². The van der Waals surface area contributed by atoms with Crippen molar-refractivity contribution in [2.75, 3.05) is 0 Å². The topological polar surface area (TPSA) is 108 Å². The lowest BCUT2D eigenvalue weighted by molar-refractivity contribution is 0.0686. The second-order valence-corrected chi connectivity index (χ2v) is 4.67. The predicted octanol–water partition coefficient (Wildman–Crippen LogP) is 3.20. The van der Waals surface area contributed by atoms with Gasteiger partial charge in [0, 0.05) is 17.0 Å². The largest absolute Gasteiger partial charge is 0.508 e. The molecule has 0 amide bonds. The Bertz CT molecular complexity index is 889. The summed E-state index contributed by atoms with van der Waals surface area (Å²) in [5.74, 6) is -2.16. The molecule has 0 saturated carbocycles. The summed E-state index contributed by atoms with van der Waals surface area (Å²) in [6.07, 6.45) is 0. The van der Waals surface area contributed by atoms with Crippen molar-refractivity contribution < 1.29 is 29.3 Å². The zero-order valence-electron chi connectivity index (χ0n) is 11.1. The second kappa shape index (κ2) is 4.92. The highest BCUT2D eigenvalue weighted by atomic mass is 16.4. The summed E-state index contributed by atoms with van der Waals surface area (Å²) in [6, 6.07) is 9.87. The Labute approximate surface area is 123 Å². The molecule has 2 aromatic carbocycles. The SMILES string of the molecule is O=C(O)c1ccc(-c2oc3cc(O)ccc3c2C(=O)O)cc1. The molecule has 0 unspecified atom stereocenters. The van der Waals surface area contributed by atoms with Crippen LogP contribution in [0.1, 0.15) is 20.7 Å². The molecule has 0 bridgehead atoms. The monoisotopic (exact) mass is 298 g/mol. The van der Waals surface area contributed by atoms with Crippen LogP contribution in [0.3, 0.4) is 0 Å². The lowest BCUT2D eigenvalue weighted by Gasteiger charge is -2.00. The maximum atomic E-state index is 11.5. The molecule has 0 saturated heterocycles. The number of phenolic OH excluding ortho intramolecular Hbond substituents is 1. The zero-order valence-corrected chi connectivity index (χ0v) is 11.1. The van der Waals surface area contributed by atoms with Crippen molar-refractivity contribution in [3.63, 3.8) is 0 Å². The fraction of sp³-hybridized carbons (Fsp3) is 0. The molecule has 22 heavy (non-hydrogen) atoms. The lowest BCUT2D eigenvalue weighted by atomic mass is 10.0. The quantitative estimate of drug-likeness (QED) is 0.685. The minimum atomic E-state index is -1.17. The molecule has 0 aliphatic carbocycles. The Balaban J connectivity index is 2.23. The van der Waals surface area contributed by atoms with E-state index in [1.54, 1.807) is 0 Å². The van der Waals surface area contributed by atoms with Gasteiger partial charge >= 0.3 is 11.9 Å². The molecular formula is C16H10O6. The molecule has 0 aliphatic rings. The van der Waals surface area contributed by atoms with Gasteiger partial charge in [0.15, 0.2) is 0 Å². The standard InChI is InChI=1S/C16H10O6/c17-10-5-6-11-12(7-10)22-14(13(11)16(20)21)8-1-3-9(4-2-8)15(18)19/h1-7,17H,(H,18,19)(H,20,21). The normalized spacial score (nSPS) is 10.7. The van der Waals surface area contributed by atoms with E-state index in [0.717, 1.165) is 0 Å². The van der Waals surface area contributed by atoms with Gasteiger partial charge in [-0.3, -0.25) is 0 Å². The van der Waals surface area contributed by atoms with Crippen LogP contribution >= 0.6 is 0 Å². The maximum Gasteiger partial charge on any atom is 0.340 e. The molecule has 3 aromatic rings. The van der Waals surface area contributed by atoms with E-state index in [0.29, 0.717) is 10.9 Å². The van der Waals surface area contributed by atoms with E-state index < -0.39 is 11.9 Å². The number of aromatic carboxylic acids is 2. The summed E-state index contributed by atoms with van der Waals surface area (Å²) in [7, 11) is 0. The molecular weight excluding hydrogens is 288 g/mol. The Morgan fingerprint density at radius 2 is 1.59 bits per heavy atom. The van der Waals surface area contributed by atoms with Crippen LogP contribution in [0.5, 0.6) is 5.75 Å². The Kier molecular flexibility index (Phi) is 3.06. The number of carboxylic acids is 2. The first-order chi connectivity index (χ1) is 10.5. The van der Waals surface area contributed by atoms with Crippen LogP contribution < -0.4 is 0 Å². The fourth-order valence-electron chi connectivity index (χ4n) is 2.27. The van der Waals surface area contributed by atoms with Crippen molar-refractivity contribution in [3.8, 4) is 17.1 Å². The van der Waals surface area contributed by atoms with Gasteiger partial charge in [0.2, 0.25) is 0 Å². The van der Waals surface area contributed by atoms with Crippen molar-refractivity contribution in [1.82, 2.24) is 0 Å². The highest BCUT2D eigenvalue weighted by Gasteiger charge is 2.22. The third kappa shape index (κ3) is 2.16. The van der Waals surface area contributed by atoms with Crippen molar-refractivity contribution >= 4 is 22.9 Å². The van der Waals surface area contributed by atoms with Crippen LogP contribution in [0.15, 0.2) is 46.9 Å². The highest BCUT2D eigenvalue weighted by Crippen LogP contribution is 2.35. The van der Waals surface area contributed by atoms with Crippen LogP contribution in [0.4, 0.5) is 0 Å². The molecule has 6 nitrogen and oxygen atoms in total. The van der Waals surface area contributed by atoms with Crippen molar-refractivity contribution in [2.45, 2.75) is 0 Å². The molecule has 3 rings (SSSR count). The van der Waals surface area contributed by atoms with Crippen LogP contribution in [0.2, 0.25) is 0 Å². The number of hydrogen-bond donors (Lipinski definition) is 3. The first kappa shape index (κ1) is 13.7. The molecule has 0 atom stereocenters. The number of fused-ring (bicyclic) bond motifs is 1. The molecule has 0 radical (unpaired) electrons. The number of furan rings is 1. The molecule has 6 heteroatoms. The van der Waals surface area contributed by atoms with Crippen LogP contribution in [-0.2, 0) is 0 Å². The smallest absolute Gasteiger partial charge is 0.340 e. The summed E-state index contributed by atoms with van der Waals surface area (Å²) in [6.45, 7) is 0. The lowest BCUT2D eigenvalue weighted by Crippen LogP contribution is -1.98. The fourth-order valence-corrected chi connectivity index (χ4v) is 2.27. The van der Waals surface area contributed by atoms with Crippen molar-refractivity contribution in [1.29, 1.82) is 0 Å². The Morgan fingerprint density at radius 1 is 0.909 bits per heavy atom. The van der Waals surface area contributed by atoms with Gasteiger partial charge in [-0.1, -0.05) is 12.1 Å². The molecule has 0 spiro atoms. The summed E-state index contributed by atoms with van der Waals surface area (Å²) in [5, 5.41) is 28.1. The number of rotatable bonds is 3. The van der Waals surface area contributed by atoms with E-state index >= 15 is 0 Å². The zero-order chi connectivity index (χ0) is 15.9. The minimum Gasteiger partial charge on any atom is -0.508 e. The third-order valence-corrected chi connectivity index (χ3v) is 3.28. The highest BCUT2D eigenvalue weighted by molar-refractivity contribution is 6.08. The summed E-state index contributed by atoms with van der Waals surface area (Å²) < 4.78 is 5.54. The average Bonchev–Trinajstić information content (AvgIpc) is 2.85. The number of hydrogen-bond acceptors (Lipinski definition) is 4. The predicted molar refractivity (Wildman–Crippen MR) is 77.2 cm³/mol. The first-order valence-corrected chi connectivity index (χ1v) is 6.30. The number of carbonyl (C=O) groups is 2. The number of aromatic hydroxyl groups is 1. The second-order valence-electron chi connectivity index (χ2n) is 4.67. The van der Waals surface area contributed by atoms with Crippen molar-refractivity contribution in [2.24, 2.45) is 0 Å². The third-order valence-electron chi connectivity index (χ3n) is 3.28. The van der Waals surface area contributed by atoms with Crippen LogP contribution in [-0.4, -0.2) is 27.3 Å². The van der Waals surface area contributed by atoms with Gasteiger partial charge in [-0.15, -0.1) is 0 Å². The Morgan fingerprint density at radius 3 is 2.18 bits per heavy atom. The van der Waals surface area contributed by atoms with Crippen molar-refractivity contribution in [3.05, 3.63) is 53.6 Å². The summed E-state index contributed by atoms with van der Waals surface area (Å²) >= 11 is 0. The van der Waals surface area contributed by atoms with Gasteiger partial charge in [0.05, 0.1) is 5.56 Å². The van der Waals surface area contributed by atoms with Crippen LogP contribution in [0, 0.1) is 0 Å². The van der Waals surface area contributed by atoms with Gasteiger partial charge in [0.1, 0.15) is 22.7 Å². The Hall–Kier alpha value is -3.28. The molecule has 0 fully saturated rings. The van der Waals surface area contributed by atoms with E-state index in [-0.39, 0.29) is 28.2 Å². The molecule has 1 aromatic heterocycles. The molecule has 1 heterocycles. The number of carboxylic acid groups (broad SMARTS) is 2. The average molecular weight is 298 g/mol. The van der Waals surface area contributed by atoms with E-state index in [1.165, 1.54) is 42.5 Å². The van der Waals surface area contributed by atoms with E-state index in [2.05, 4.69) is 0 Å². The molecule has 0 aliphatic heterocycles.